The summed E-state index contributed by atoms with van der Waals surface area (Å²) >= 11 is 0. The molecule has 0 saturated carbocycles. The first kappa shape index (κ1) is 24.0. The van der Waals surface area contributed by atoms with Crippen molar-refractivity contribution in [1.29, 1.82) is 0 Å². The average molecular weight is 465 g/mol. The van der Waals surface area contributed by atoms with Gasteiger partial charge in [0.25, 0.3) is 11.7 Å². The van der Waals surface area contributed by atoms with E-state index in [1.807, 2.05) is 50.2 Å². The SMILES string of the molecule is CCOc1ccc(C2/C(=C(/O)c3ccc(C)cc3)C(=O)C(=O)N2CCCN2CCOCC2)cc1. The zero-order valence-electron chi connectivity index (χ0n) is 19.8. The highest BCUT2D eigenvalue weighted by Gasteiger charge is 2.45. The number of benzene rings is 2. The number of Topliss-reactive ketones (excluding diaryl/α,β-unsaturated/α-hetero) is 1. The lowest BCUT2D eigenvalue weighted by atomic mass is 9.95. The Morgan fingerprint density at radius 3 is 2.35 bits per heavy atom. The lowest BCUT2D eigenvalue weighted by Gasteiger charge is -2.29. The summed E-state index contributed by atoms with van der Waals surface area (Å²) in [5.74, 6) is -0.653. The maximum Gasteiger partial charge on any atom is 0.295 e. The highest BCUT2D eigenvalue weighted by atomic mass is 16.5. The van der Waals surface area contributed by atoms with Gasteiger partial charge in [-0.1, -0.05) is 42.0 Å². The fourth-order valence-electron chi connectivity index (χ4n) is 4.53. The molecule has 0 spiro atoms. The molecule has 1 N–H and O–H groups in total. The van der Waals surface area contributed by atoms with Crippen LogP contribution in [0.3, 0.4) is 0 Å². The molecular formula is C27H32N2O5. The van der Waals surface area contributed by atoms with Gasteiger partial charge in [-0.15, -0.1) is 0 Å². The van der Waals surface area contributed by atoms with E-state index in [-0.39, 0.29) is 11.3 Å². The number of hydrogen-bond donors (Lipinski definition) is 1. The minimum absolute atomic E-state index is 0.129. The second kappa shape index (κ2) is 10.8. The lowest BCUT2D eigenvalue weighted by molar-refractivity contribution is -0.140. The summed E-state index contributed by atoms with van der Waals surface area (Å²) in [6, 6.07) is 14.0. The standard InChI is InChI=1S/C27H32N2O5/c1-3-34-22-11-9-20(10-12-22)24-23(25(30)21-7-5-19(2)6-8-21)26(31)27(32)29(24)14-4-13-28-15-17-33-18-16-28/h5-12,24,30H,3-4,13-18H2,1-2H3/b25-23-. The maximum absolute atomic E-state index is 13.2. The van der Waals surface area contributed by atoms with Crippen molar-refractivity contribution in [3.8, 4) is 5.75 Å². The highest BCUT2D eigenvalue weighted by Crippen LogP contribution is 2.40. The van der Waals surface area contributed by atoms with Crippen molar-refractivity contribution < 1.29 is 24.2 Å². The van der Waals surface area contributed by atoms with Gasteiger partial charge in [-0.2, -0.15) is 0 Å². The van der Waals surface area contributed by atoms with Crippen LogP contribution in [0.4, 0.5) is 0 Å². The van der Waals surface area contributed by atoms with Crippen LogP contribution in [0, 0.1) is 6.92 Å². The number of likely N-dealkylation sites (tertiary alicyclic amines) is 1. The molecule has 7 heteroatoms. The minimum Gasteiger partial charge on any atom is -0.507 e. The second-order valence-corrected chi connectivity index (χ2v) is 8.67. The zero-order chi connectivity index (χ0) is 24.1. The zero-order valence-corrected chi connectivity index (χ0v) is 19.8. The van der Waals surface area contributed by atoms with E-state index < -0.39 is 17.7 Å². The normalized spacial score (nSPS) is 20.6. The van der Waals surface area contributed by atoms with Gasteiger partial charge in [0.1, 0.15) is 11.5 Å². The first-order valence-corrected chi connectivity index (χ1v) is 11.9. The van der Waals surface area contributed by atoms with Crippen LogP contribution < -0.4 is 4.74 Å². The molecule has 2 aliphatic heterocycles. The number of morpholine rings is 1. The number of hydrogen-bond acceptors (Lipinski definition) is 6. The van der Waals surface area contributed by atoms with Crippen molar-refractivity contribution >= 4 is 17.4 Å². The number of aryl methyl sites for hydroxylation is 1. The molecule has 2 saturated heterocycles. The fourth-order valence-corrected chi connectivity index (χ4v) is 4.53. The smallest absolute Gasteiger partial charge is 0.295 e. The number of aliphatic hydroxyl groups is 1. The number of rotatable bonds is 8. The number of nitrogens with zero attached hydrogens (tertiary/aromatic N) is 2. The molecule has 2 aliphatic rings. The molecule has 0 bridgehead atoms. The van der Waals surface area contributed by atoms with Crippen LogP contribution in [0.25, 0.3) is 5.76 Å². The van der Waals surface area contributed by atoms with Crippen molar-refractivity contribution in [1.82, 2.24) is 9.80 Å². The molecule has 2 aromatic carbocycles. The van der Waals surface area contributed by atoms with Crippen LogP contribution in [0.15, 0.2) is 54.1 Å². The summed E-state index contributed by atoms with van der Waals surface area (Å²) in [5, 5.41) is 11.2. The van der Waals surface area contributed by atoms with Crippen LogP contribution in [-0.2, 0) is 14.3 Å². The van der Waals surface area contributed by atoms with Crippen LogP contribution in [-0.4, -0.2) is 72.6 Å². The molecule has 2 aromatic rings. The van der Waals surface area contributed by atoms with Gasteiger partial charge in [-0.3, -0.25) is 14.5 Å². The molecule has 4 rings (SSSR count). The Bertz CT molecular complexity index is 1040. The van der Waals surface area contributed by atoms with Gasteiger partial charge in [0.2, 0.25) is 0 Å². The molecule has 1 amide bonds. The maximum atomic E-state index is 13.2. The number of ether oxygens (including phenoxy) is 2. The molecule has 0 aromatic heterocycles. The monoisotopic (exact) mass is 464 g/mol. The van der Waals surface area contributed by atoms with Gasteiger partial charge >= 0.3 is 0 Å². The third-order valence-corrected chi connectivity index (χ3v) is 6.35. The highest BCUT2D eigenvalue weighted by molar-refractivity contribution is 6.46. The van der Waals surface area contributed by atoms with Gasteiger partial charge in [0, 0.05) is 31.7 Å². The van der Waals surface area contributed by atoms with Gasteiger partial charge in [-0.25, -0.2) is 0 Å². The molecule has 0 aliphatic carbocycles. The number of ketones is 1. The number of aliphatic hydroxyl groups excluding tert-OH is 1. The summed E-state index contributed by atoms with van der Waals surface area (Å²) in [6.45, 7) is 8.83. The minimum atomic E-state index is -0.651. The van der Waals surface area contributed by atoms with Gasteiger partial charge < -0.3 is 19.5 Å². The first-order chi connectivity index (χ1) is 16.5. The van der Waals surface area contributed by atoms with Crippen molar-refractivity contribution in [3.63, 3.8) is 0 Å². The van der Waals surface area contributed by atoms with E-state index in [0.717, 1.165) is 37.2 Å². The van der Waals surface area contributed by atoms with Crippen molar-refractivity contribution in [2.45, 2.75) is 26.3 Å². The van der Waals surface area contributed by atoms with Gasteiger partial charge in [0.15, 0.2) is 0 Å². The Hall–Kier alpha value is -3.16. The van der Waals surface area contributed by atoms with Crippen LogP contribution >= 0.6 is 0 Å². The molecule has 7 nitrogen and oxygen atoms in total. The lowest BCUT2D eigenvalue weighted by Crippen LogP contribution is -2.38. The summed E-state index contributed by atoms with van der Waals surface area (Å²) in [7, 11) is 0. The van der Waals surface area contributed by atoms with E-state index in [0.29, 0.717) is 37.7 Å². The predicted octanol–water partition coefficient (Wildman–Crippen LogP) is 3.54. The summed E-state index contributed by atoms with van der Waals surface area (Å²) in [6.07, 6.45) is 0.727. The Balaban J connectivity index is 1.66. The Labute approximate surface area is 200 Å². The van der Waals surface area contributed by atoms with E-state index in [9.17, 15) is 14.7 Å². The van der Waals surface area contributed by atoms with E-state index in [2.05, 4.69) is 4.90 Å². The largest absolute Gasteiger partial charge is 0.507 e. The topological polar surface area (TPSA) is 79.3 Å². The molecule has 34 heavy (non-hydrogen) atoms. The third-order valence-electron chi connectivity index (χ3n) is 6.35. The van der Waals surface area contributed by atoms with Crippen LogP contribution in [0.5, 0.6) is 5.75 Å². The van der Waals surface area contributed by atoms with Crippen molar-refractivity contribution in [2.24, 2.45) is 0 Å². The van der Waals surface area contributed by atoms with Crippen LogP contribution in [0.1, 0.15) is 36.1 Å². The van der Waals surface area contributed by atoms with E-state index in [4.69, 9.17) is 9.47 Å². The Morgan fingerprint density at radius 2 is 1.71 bits per heavy atom. The van der Waals surface area contributed by atoms with E-state index >= 15 is 0 Å². The second-order valence-electron chi connectivity index (χ2n) is 8.67. The molecule has 1 atom stereocenters. The van der Waals surface area contributed by atoms with E-state index in [1.165, 1.54) is 0 Å². The first-order valence-electron chi connectivity index (χ1n) is 11.9. The number of carbonyl (C=O) groups is 2. The molecule has 2 heterocycles. The molecule has 0 radical (unpaired) electrons. The van der Waals surface area contributed by atoms with E-state index in [1.54, 1.807) is 17.0 Å². The van der Waals surface area contributed by atoms with Crippen molar-refractivity contribution in [3.05, 3.63) is 70.8 Å². The molecule has 2 fully saturated rings. The number of amides is 1. The number of carbonyl (C=O) groups excluding carboxylic acids is 2. The Morgan fingerprint density at radius 1 is 1.03 bits per heavy atom. The summed E-state index contributed by atoms with van der Waals surface area (Å²) in [5.41, 5.74) is 2.46. The summed E-state index contributed by atoms with van der Waals surface area (Å²) < 4.78 is 11.0. The third kappa shape index (κ3) is 5.16. The average Bonchev–Trinajstić information content (AvgIpc) is 3.10. The van der Waals surface area contributed by atoms with Gasteiger partial charge in [-0.05, 0) is 38.0 Å². The van der Waals surface area contributed by atoms with Crippen molar-refractivity contribution in [2.75, 3.05) is 46.0 Å². The predicted molar refractivity (Wildman–Crippen MR) is 130 cm³/mol. The van der Waals surface area contributed by atoms with Crippen LogP contribution in [0.2, 0.25) is 0 Å². The Kier molecular flexibility index (Phi) is 7.65. The molecule has 180 valence electrons. The fraction of sp³-hybridized carbons (Fsp3) is 0.407. The van der Waals surface area contributed by atoms with Gasteiger partial charge in [0.05, 0.1) is 31.4 Å². The molecule has 1 unspecified atom stereocenters. The molecular weight excluding hydrogens is 432 g/mol. The quantitative estimate of drug-likeness (QED) is 0.366. The summed E-state index contributed by atoms with van der Waals surface area (Å²) in [4.78, 5) is 30.2.